The maximum absolute atomic E-state index is 5.54. The van der Waals surface area contributed by atoms with Crippen LogP contribution in [0, 0.1) is 5.92 Å². The van der Waals surface area contributed by atoms with Gasteiger partial charge in [0.05, 0.1) is 17.3 Å². The monoisotopic (exact) mass is 428 g/mol. The second-order valence-corrected chi connectivity index (χ2v) is 8.39. The molecular weight excluding hydrogens is 404 g/mol. The highest BCUT2D eigenvalue weighted by Gasteiger charge is 2.22. The van der Waals surface area contributed by atoms with Crippen LogP contribution >= 0.6 is 0 Å². The fraction of sp³-hybridized carbons (Fsp3) is 0.292. The lowest BCUT2D eigenvalue weighted by molar-refractivity contribution is 0.174. The van der Waals surface area contributed by atoms with Crippen molar-refractivity contribution in [2.75, 3.05) is 30.1 Å². The molecule has 0 saturated carbocycles. The number of anilines is 3. The Morgan fingerprint density at radius 2 is 1.91 bits per heavy atom. The third-order valence-electron chi connectivity index (χ3n) is 5.99. The molecule has 0 spiro atoms. The van der Waals surface area contributed by atoms with Crippen LogP contribution in [0.5, 0.6) is 11.5 Å². The molecule has 1 fully saturated rings. The van der Waals surface area contributed by atoms with E-state index in [9.17, 15) is 0 Å². The Kier molecular flexibility index (Phi) is 4.56. The molecule has 2 aliphatic rings. The molecule has 0 unspecified atom stereocenters. The summed E-state index contributed by atoms with van der Waals surface area (Å²) in [7, 11) is 0. The summed E-state index contributed by atoms with van der Waals surface area (Å²) < 4.78 is 12.9. The van der Waals surface area contributed by atoms with E-state index in [1.807, 2.05) is 59.4 Å². The summed E-state index contributed by atoms with van der Waals surface area (Å²) in [5, 5.41) is 8.96. The third-order valence-corrected chi connectivity index (χ3v) is 5.99. The molecule has 32 heavy (non-hydrogen) atoms. The topological polar surface area (TPSA) is 77.3 Å². The summed E-state index contributed by atoms with van der Waals surface area (Å²) >= 11 is 0. The minimum Gasteiger partial charge on any atom is -0.454 e. The molecule has 1 N–H and O–H groups in total. The van der Waals surface area contributed by atoms with Crippen molar-refractivity contribution in [3.63, 3.8) is 0 Å². The summed E-state index contributed by atoms with van der Waals surface area (Å²) in [6.45, 7) is 4.44. The van der Waals surface area contributed by atoms with Gasteiger partial charge in [-0.1, -0.05) is 25.1 Å². The minimum atomic E-state index is 0.248. The standard InChI is InChI=1S/C24H24N6O2/c1-16-6-5-11-29(14-16)24-27-22(26-17-9-10-20-21(12-17)32-15-31-20)19-13-25-30(23(19)28-24)18-7-3-2-4-8-18/h2-4,7-10,12-13,16H,5-6,11,14-15H2,1H3,(H,26,27,28)/t16-/m1/s1. The fourth-order valence-electron chi connectivity index (χ4n) is 4.37. The van der Waals surface area contributed by atoms with Gasteiger partial charge in [-0.2, -0.15) is 15.1 Å². The maximum Gasteiger partial charge on any atom is 0.231 e. The Hall–Kier alpha value is -3.81. The van der Waals surface area contributed by atoms with Crippen molar-refractivity contribution in [3.05, 3.63) is 54.7 Å². The number of ether oxygens (including phenoxy) is 2. The van der Waals surface area contributed by atoms with Gasteiger partial charge in [0.2, 0.25) is 12.7 Å². The first-order valence-electron chi connectivity index (χ1n) is 11.0. The first kappa shape index (κ1) is 18.9. The number of nitrogens with one attached hydrogen (secondary N) is 1. The average molecular weight is 428 g/mol. The van der Waals surface area contributed by atoms with E-state index in [0.29, 0.717) is 5.92 Å². The van der Waals surface area contributed by atoms with Crippen LogP contribution in [0.15, 0.2) is 54.7 Å². The van der Waals surface area contributed by atoms with Crippen molar-refractivity contribution in [2.24, 2.45) is 5.92 Å². The number of aromatic nitrogens is 4. The van der Waals surface area contributed by atoms with Crippen molar-refractivity contribution in [1.82, 2.24) is 19.7 Å². The smallest absolute Gasteiger partial charge is 0.231 e. The Morgan fingerprint density at radius 1 is 1.03 bits per heavy atom. The molecular formula is C24H24N6O2. The van der Waals surface area contributed by atoms with Crippen LogP contribution in [0.2, 0.25) is 0 Å². The number of piperidine rings is 1. The van der Waals surface area contributed by atoms with Crippen LogP contribution in [-0.4, -0.2) is 39.6 Å². The molecule has 4 aromatic rings. The van der Waals surface area contributed by atoms with Crippen LogP contribution in [-0.2, 0) is 0 Å². The van der Waals surface area contributed by atoms with Crippen LogP contribution in [0.25, 0.3) is 16.7 Å². The highest BCUT2D eigenvalue weighted by molar-refractivity contribution is 5.90. The highest BCUT2D eigenvalue weighted by atomic mass is 16.7. The van der Waals surface area contributed by atoms with Gasteiger partial charge in [-0.25, -0.2) is 4.68 Å². The zero-order valence-corrected chi connectivity index (χ0v) is 17.9. The largest absolute Gasteiger partial charge is 0.454 e. The van der Waals surface area contributed by atoms with E-state index in [4.69, 9.17) is 19.4 Å². The van der Waals surface area contributed by atoms with E-state index in [1.165, 1.54) is 6.42 Å². The summed E-state index contributed by atoms with van der Waals surface area (Å²) in [5.74, 6) is 3.55. The van der Waals surface area contributed by atoms with Crippen LogP contribution < -0.4 is 19.7 Å². The molecule has 6 rings (SSSR count). The number of hydrogen-bond donors (Lipinski definition) is 1. The van der Waals surface area contributed by atoms with Crippen molar-refractivity contribution in [3.8, 4) is 17.2 Å². The van der Waals surface area contributed by atoms with E-state index >= 15 is 0 Å². The van der Waals surface area contributed by atoms with Gasteiger partial charge in [-0.3, -0.25) is 0 Å². The molecule has 0 radical (unpaired) electrons. The van der Waals surface area contributed by atoms with Crippen molar-refractivity contribution >= 4 is 28.5 Å². The van der Waals surface area contributed by atoms with Crippen molar-refractivity contribution in [1.29, 1.82) is 0 Å². The number of benzene rings is 2. The first-order valence-corrected chi connectivity index (χ1v) is 11.0. The second kappa shape index (κ2) is 7.71. The Labute approximate surface area is 185 Å². The van der Waals surface area contributed by atoms with E-state index < -0.39 is 0 Å². The summed E-state index contributed by atoms with van der Waals surface area (Å²) in [4.78, 5) is 12.2. The molecule has 2 aromatic heterocycles. The molecule has 2 aliphatic heterocycles. The van der Waals surface area contributed by atoms with Crippen LogP contribution in [0.1, 0.15) is 19.8 Å². The van der Waals surface area contributed by atoms with Gasteiger partial charge in [0.25, 0.3) is 0 Å². The highest BCUT2D eigenvalue weighted by Crippen LogP contribution is 2.36. The lowest BCUT2D eigenvalue weighted by Gasteiger charge is -2.31. The molecule has 8 nitrogen and oxygen atoms in total. The predicted octanol–water partition coefficient (Wildman–Crippen LogP) is 4.52. The SMILES string of the molecule is C[C@@H]1CCCN(c2nc(Nc3ccc4c(c3)OCO4)c3cnn(-c4ccccc4)c3n2)C1. The molecule has 162 valence electrons. The quantitative estimate of drug-likeness (QED) is 0.512. The van der Waals surface area contributed by atoms with E-state index in [1.54, 1.807) is 0 Å². The van der Waals surface area contributed by atoms with Crippen molar-refractivity contribution in [2.45, 2.75) is 19.8 Å². The number of nitrogens with zero attached hydrogens (tertiary/aromatic N) is 5. The molecule has 0 aliphatic carbocycles. The Morgan fingerprint density at radius 3 is 2.78 bits per heavy atom. The van der Waals surface area contributed by atoms with Gasteiger partial charge in [0, 0.05) is 24.8 Å². The van der Waals surface area contributed by atoms with Gasteiger partial charge in [0.15, 0.2) is 17.1 Å². The molecule has 1 saturated heterocycles. The molecule has 2 aromatic carbocycles. The molecule has 0 amide bonds. The summed E-state index contributed by atoms with van der Waals surface area (Å²) in [5.41, 5.74) is 2.62. The third kappa shape index (κ3) is 3.37. The van der Waals surface area contributed by atoms with Crippen LogP contribution in [0.4, 0.5) is 17.5 Å². The molecule has 8 heteroatoms. The fourth-order valence-corrected chi connectivity index (χ4v) is 4.37. The second-order valence-electron chi connectivity index (χ2n) is 8.39. The van der Waals surface area contributed by atoms with Gasteiger partial charge < -0.3 is 19.7 Å². The number of rotatable bonds is 4. The molecule has 0 bridgehead atoms. The van der Waals surface area contributed by atoms with E-state index in [2.05, 4.69) is 22.2 Å². The number of para-hydroxylation sites is 1. The zero-order valence-electron chi connectivity index (χ0n) is 17.9. The normalized spacial score (nSPS) is 17.7. The molecule has 1 atom stereocenters. The van der Waals surface area contributed by atoms with Crippen LogP contribution in [0.3, 0.4) is 0 Å². The van der Waals surface area contributed by atoms with Gasteiger partial charge >= 0.3 is 0 Å². The lowest BCUT2D eigenvalue weighted by atomic mass is 10.0. The lowest BCUT2D eigenvalue weighted by Crippen LogP contribution is -2.35. The first-order chi connectivity index (χ1) is 15.7. The Balaban J connectivity index is 1.46. The predicted molar refractivity (Wildman–Crippen MR) is 123 cm³/mol. The number of hydrogen-bond acceptors (Lipinski definition) is 7. The van der Waals surface area contributed by atoms with Gasteiger partial charge in [-0.05, 0) is 43.0 Å². The summed E-state index contributed by atoms with van der Waals surface area (Å²) in [6, 6.07) is 15.9. The average Bonchev–Trinajstić information content (AvgIpc) is 3.46. The van der Waals surface area contributed by atoms with E-state index in [-0.39, 0.29) is 6.79 Å². The molecule has 4 heterocycles. The Bertz CT molecular complexity index is 1270. The number of fused-ring (bicyclic) bond motifs is 2. The van der Waals surface area contributed by atoms with E-state index in [0.717, 1.165) is 65.2 Å². The minimum absolute atomic E-state index is 0.248. The summed E-state index contributed by atoms with van der Waals surface area (Å²) in [6.07, 6.45) is 4.20. The van der Waals surface area contributed by atoms with Gasteiger partial charge in [0.1, 0.15) is 5.82 Å². The maximum atomic E-state index is 5.54. The zero-order chi connectivity index (χ0) is 21.5. The van der Waals surface area contributed by atoms with Gasteiger partial charge in [-0.15, -0.1) is 0 Å². The van der Waals surface area contributed by atoms with Crippen molar-refractivity contribution < 1.29 is 9.47 Å².